The van der Waals surface area contributed by atoms with Gasteiger partial charge in [-0.15, -0.1) is 0 Å². The van der Waals surface area contributed by atoms with Crippen molar-refractivity contribution >= 4 is 15.9 Å². The van der Waals surface area contributed by atoms with Crippen LogP contribution in [0, 0.1) is 13.8 Å². The molecule has 0 aliphatic carbocycles. The quantitative estimate of drug-likeness (QED) is 0.876. The van der Waals surface area contributed by atoms with Gasteiger partial charge in [-0.3, -0.25) is 4.79 Å². The molecule has 7 heteroatoms. The van der Waals surface area contributed by atoms with Gasteiger partial charge in [-0.1, -0.05) is 18.6 Å². The van der Waals surface area contributed by atoms with Gasteiger partial charge in [0.25, 0.3) is 0 Å². The second-order valence-corrected chi connectivity index (χ2v) is 8.91. The van der Waals surface area contributed by atoms with Crippen molar-refractivity contribution in [1.29, 1.82) is 0 Å². The maximum absolute atomic E-state index is 12.9. The first-order valence-corrected chi connectivity index (χ1v) is 10.4. The van der Waals surface area contributed by atoms with Crippen molar-refractivity contribution in [3.8, 4) is 0 Å². The van der Waals surface area contributed by atoms with Crippen LogP contribution in [0.15, 0.2) is 23.1 Å². The summed E-state index contributed by atoms with van der Waals surface area (Å²) < 4.78 is 27.4. The molecule has 1 unspecified atom stereocenters. The number of piperidine rings is 1. The van der Waals surface area contributed by atoms with Crippen LogP contribution in [0.25, 0.3) is 0 Å². The van der Waals surface area contributed by atoms with Gasteiger partial charge in [0.15, 0.2) is 0 Å². The molecule has 2 fully saturated rings. The summed E-state index contributed by atoms with van der Waals surface area (Å²) in [5.41, 5.74) is 1.69. The number of nitrogens with one attached hydrogen (secondary N) is 1. The molecule has 0 saturated carbocycles. The summed E-state index contributed by atoms with van der Waals surface area (Å²) in [6.07, 6.45) is 3.07. The van der Waals surface area contributed by atoms with E-state index in [9.17, 15) is 13.2 Å². The summed E-state index contributed by atoms with van der Waals surface area (Å²) in [5.74, 6) is 0.114. The minimum Gasteiger partial charge on any atom is -0.339 e. The number of hydrogen-bond acceptors (Lipinski definition) is 4. The average molecular weight is 365 g/mol. The second kappa shape index (κ2) is 7.43. The Bertz CT molecular complexity index is 734. The van der Waals surface area contributed by atoms with E-state index >= 15 is 0 Å². The van der Waals surface area contributed by atoms with E-state index in [1.54, 1.807) is 11.0 Å². The lowest BCUT2D eigenvalue weighted by Gasteiger charge is -2.36. The summed E-state index contributed by atoms with van der Waals surface area (Å²) in [4.78, 5) is 14.8. The number of aryl methyl sites for hydroxylation is 2. The van der Waals surface area contributed by atoms with Crippen LogP contribution in [0.1, 0.15) is 30.4 Å². The van der Waals surface area contributed by atoms with Crippen LogP contribution in [0.5, 0.6) is 0 Å². The zero-order chi connectivity index (χ0) is 18.0. The highest BCUT2D eigenvalue weighted by atomic mass is 32.2. The first kappa shape index (κ1) is 18.4. The lowest BCUT2D eigenvalue weighted by molar-refractivity contribution is -0.135. The number of nitrogens with zero attached hydrogens (tertiary/aromatic N) is 2. The van der Waals surface area contributed by atoms with Crippen LogP contribution in [0.3, 0.4) is 0 Å². The van der Waals surface area contributed by atoms with Crippen molar-refractivity contribution in [3.05, 3.63) is 29.3 Å². The Hall–Kier alpha value is -1.44. The van der Waals surface area contributed by atoms with Crippen molar-refractivity contribution < 1.29 is 13.2 Å². The molecule has 6 nitrogen and oxygen atoms in total. The molecule has 1 atom stereocenters. The number of rotatable bonds is 3. The van der Waals surface area contributed by atoms with Crippen LogP contribution >= 0.6 is 0 Å². The monoisotopic (exact) mass is 365 g/mol. The summed E-state index contributed by atoms with van der Waals surface area (Å²) in [5, 5.41) is 3.27. The van der Waals surface area contributed by atoms with Gasteiger partial charge < -0.3 is 10.2 Å². The highest BCUT2D eigenvalue weighted by Crippen LogP contribution is 2.23. The van der Waals surface area contributed by atoms with Gasteiger partial charge in [0.1, 0.15) is 0 Å². The second-order valence-electron chi connectivity index (χ2n) is 7.00. The van der Waals surface area contributed by atoms with E-state index in [0.717, 1.165) is 36.9 Å². The van der Waals surface area contributed by atoms with E-state index in [1.165, 1.54) is 4.31 Å². The molecule has 0 aromatic heterocycles. The van der Waals surface area contributed by atoms with Crippen LogP contribution in [0.2, 0.25) is 0 Å². The highest BCUT2D eigenvalue weighted by Gasteiger charge is 2.33. The van der Waals surface area contributed by atoms with Crippen LogP contribution in [0.4, 0.5) is 0 Å². The van der Waals surface area contributed by atoms with E-state index in [-0.39, 0.29) is 11.9 Å². The molecule has 2 aliphatic rings. The molecule has 25 heavy (non-hydrogen) atoms. The van der Waals surface area contributed by atoms with E-state index in [1.807, 2.05) is 26.0 Å². The van der Waals surface area contributed by atoms with E-state index < -0.39 is 10.0 Å². The number of carbonyl (C=O) groups is 1. The molecule has 0 radical (unpaired) electrons. The van der Waals surface area contributed by atoms with Crippen LogP contribution in [-0.2, 0) is 14.8 Å². The topological polar surface area (TPSA) is 69.7 Å². The minimum atomic E-state index is -3.51. The fourth-order valence-corrected chi connectivity index (χ4v) is 5.29. The Morgan fingerprint density at radius 3 is 2.48 bits per heavy atom. The fourth-order valence-electron chi connectivity index (χ4n) is 3.56. The zero-order valence-electron chi connectivity index (χ0n) is 15.0. The maximum Gasteiger partial charge on any atom is 0.243 e. The molecule has 0 bridgehead atoms. The molecule has 1 aromatic carbocycles. The fraction of sp³-hybridized carbons (Fsp3) is 0.611. The SMILES string of the molecule is Cc1ccc(C)c(S(=O)(=O)N2CCN(C(=O)C3CCCCN3)CC2)c1. The van der Waals surface area contributed by atoms with Gasteiger partial charge in [-0.25, -0.2) is 8.42 Å². The van der Waals surface area contributed by atoms with Crippen molar-refractivity contribution in [1.82, 2.24) is 14.5 Å². The van der Waals surface area contributed by atoms with Gasteiger partial charge in [0.2, 0.25) is 15.9 Å². The lowest BCUT2D eigenvalue weighted by atomic mass is 10.0. The molecule has 1 amide bonds. The molecular weight excluding hydrogens is 338 g/mol. The van der Waals surface area contributed by atoms with Gasteiger partial charge in [0.05, 0.1) is 10.9 Å². The van der Waals surface area contributed by atoms with Gasteiger partial charge in [-0.2, -0.15) is 4.31 Å². The number of hydrogen-bond donors (Lipinski definition) is 1. The summed E-state index contributed by atoms with van der Waals surface area (Å²) in [6, 6.07) is 5.39. The van der Waals surface area contributed by atoms with E-state index in [2.05, 4.69) is 5.32 Å². The molecule has 138 valence electrons. The Labute approximate surface area is 150 Å². The molecule has 3 rings (SSSR count). The Balaban J connectivity index is 1.67. The molecule has 0 spiro atoms. The van der Waals surface area contributed by atoms with E-state index in [0.29, 0.717) is 31.1 Å². The lowest BCUT2D eigenvalue weighted by Crippen LogP contribution is -2.55. The van der Waals surface area contributed by atoms with Crippen LogP contribution < -0.4 is 5.32 Å². The third kappa shape index (κ3) is 3.88. The number of amides is 1. The summed E-state index contributed by atoms with van der Waals surface area (Å²) in [7, 11) is -3.51. The highest BCUT2D eigenvalue weighted by molar-refractivity contribution is 7.89. The first-order chi connectivity index (χ1) is 11.9. The summed E-state index contributed by atoms with van der Waals surface area (Å²) in [6.45, 7) is 6.23. The van der Waals surface area contributed by atoms with Crippen LogP contribution in [-0.4, -0.2) is 62.3 Å². The van der Waals surface area contributed by atoms with Crippen molar-refractivity contribution in [2.75, 3.05) is 32.7 Å². The number of sulfonamides is 1. The molecule has 2 heterocycles. The Kier molecular flexibility index (Phi) is 5.46. The van der Waals surface area contributed by atoms with Gasteiger partial charge in [0, 0.05) is 26.2 Å². The number of benzene rings is 1. The molecule has 1 N–H and O–H groups in total. The normalized spacial score (nSPS) is 22.8. The first-order valence-electron chi connectivity index (χ1n) is 8.99. The molecular formula is C18H27N3O3S. The Morgan fingerprint density at radius 1 is 1.12 bits per heavy atom. The standard InChI is InChI=1S/C18H27N3O3S/c1-14-6-7-15(2)17(13-14)25(23,24)21-11-9-20(10-12-21)18(22)16-5-3-4-8-19-16/h6-7,13,16,19H,3-5,8-12H2,1-2H3. The molecule has 1 aromatic rings. The van der Waals surface area contributed by atoms with Gasteiger partial charge in [-0.05, 0) is 50.4 Å². The largest absolute Gasteiger partial charge is 0.339 e. The minimum absolute atomic E-state index is 0.101. The third-order valence-electron chi connectivity index (χ3n) is 5.12. The summed E-state index contributed by atoms with van der Waals surface area (Å²) >= 11 is 0. The Morgan fingerprint density at radius 2 is 1.84 bits per heavy atom. The third-order valence-corrected chi connectivity index (χ3v) is 7.16. The zero-order valence-corrected chi connectivity index (χ0v) is 15.8. The number of carbonyl (C=O) groups excluding carboxylic acids is 1. The predicted octanol–water partition coefficient (Wildman–Crippen LogP) is 1.28. The molecule has 2 saturated heterocycles. The smallest absolute Gasteiger partial charge is 0.243 e. The molecule has 2 aliphatic heterocycles. The average Bonchev–Trinajstić information content (AvgIpc) is 2.64. The maximum atomic E-state index is 12.9. The van der Waals surface area contributed by atoms with Crippen molar-refractivity contribution in [2.24, 2.45) is 0 Å². The van der Waals surface area contributed by atoms with Crippen molar-refractivity contribution in [2.45, 2.75) is 44.0 Å². The predicted molar refractivity (Wildman–Crippen MR) is 96.9 cm³/mol. The number of piperazine rings is 1. The van der Waals surface area contributed by atoms with Crippen molar-refractivity contribution in [3.63, 3.8) is 0 Å². The van der Waals surface area contributed by atoms with Gasteiger partial charge >= 0.3 is 0 Å². The van der Waals surface area contributed by atoms with E-state index in [4.69, 9.17) is 0 Å².